The fourth-order valence-corrected chi connectivity index (χ4v) is 9.06. The van der Waals surface area contributed by atoms with Gasteiger partial charge in [-0.1, -0.05) is 6.42 Å². The van der Waals surface area contributed by atoms with Crippen molar-refractivity contribution in [1.29, 1.82) is 0 Å². The van der Waals surface area contributed by atoms with Gasteiger partial charge in [-0.2, -0.15) is 11.8 Å². The van der Waals surface area contributed by atoms with Crippen molar-refractivity contribution in [2.75, 3.05) is 70.8 Å². The molecule has 9 N–H and O–H groups in total. The lowest BCUT2D eigenvalue weighted by atomic mass is 10.0. The minimum Gasteiger partial charge on any atom is -0.463 e. The summed E-state index contributed by atoms with van der Waals surface area (Å²) in [4.78, 5) is 73.7. The van der Waals surface area contributed by atoms with E-state index in [0.717, 1.165) is 31.4 Å². The third-order valence-corrected chi connectivity index (χ3v) is 12.7. The summed E-state index contributed by atoms with van der Waals surface area (Å²) in [5.41, 5.74) is 12.1. The molecule has 4 aliphatic rings. The van der Waals surface area contributed by atoms with Crippen LogP contribution < -0.4 is 37.9 Å². The van der Waals surface area contributed by atoms with Crippen molar-refractivity contribution in [3.63, 3.8) is 0 Å². The molecule has 6 heterocycles. The van der Waals surface area contributed by atoms with Gasteiger partial charge < -0.3 is 60.5 Å². The number of nitrogens with two attached hydrogens (primary N) is 1. The molecule has 6 rings (SSSR count). The van der Waals surface area contributed by atoms with E-state index in [0.29, 0.717) is 88.4 Å². The number of aromatic nitrogens is 4. The lowest BCUT2D eigenvalue weighted by Crippen LogP contribution is -2.39. The quantitative estimate of drug-likeness (QED) is 0.0216. The van der Waals surface area contributed by atoms with Gasteiger partial charge in [0, 0.05) is 63.0 Å². The standard InChI is InChI=1S/C40H63N11O12S/c1-40(49-50-40)12-11-31(55)63-35-26(62-38(34(35)56)51-24-46-33-36(41)44-23-45-37(33)51)21-61-30(54)10-4-9-29(53)43-14-6-16-59-18-20-60-19-17-58-15-5-13-42-28(52)8-3-2-7-27-32-25(22-64-27)47-39(57)48-32/h23-27,32,34-35,38,49-50,56H,2-22H2,1H3,(H,42,52)(H,43,53)(H2,41,44,45)(H2,47,48,57)/t25-,26-,27-,32-,34-,35+,38-/m1/s1. The molecule has 24 heteroatoms. The number of imidazole rings is 1. The lowest BCUT2D eigenvalue weighted by Gasteiger charge is -2.21. The highest BCUT2D eigenvalue weighted by Gasteiger charge is 2.49. The number of aliphatic hydroxyl groups excluding tert-OH is 1. The van der Waals surface area contributed by atoms with E-state index in [1.807, 2.05) is 18.7 Å². The molecule has 2 aromatic heterocycles. The zero-order chi connectivity index (χ0) is 45.3. The maximum absolute atomic E-state index is 12.8. The summed E-state index contributed by atoms with van der Waals surface area (Å²) >= 11 is 1.89. The van der Waals surface area contributed by atoms with Gasteiger partial charge in [0.15, 0.2) is 23.8 Å². The van der Waals surface area contributed by atoms with Gasteiger partial charge in [-0.3, -0.25) is 23.7 Å². The number of urea groups is 1. The minimum absolute atomic E-state index is 0.0331. The molecule has 356 valence electrons. The molecule has 4 fully saturated rings. The molecule has 0 unspecified atom stereocenters. The highest BCUT2D eigenvalue weighted by molar-refractivity contribution is 8.00. The molecule has 4 amide bonds. The maximum Gasteiger partial charge on any atom is 0.315 e. The molecule has 23 nitrogen and oxygen atoms in total. The molecule has 64 heavy (non-hydrogen) atoms. The number of rotatable bonds is 30. The number of nitrogens with one attached hydrogen (secondary N) is 6. The van der Waals surface area contributed by atoms with Crippen LogP contribution >= 0.6 is 11.8 Å². The first-order valence-corrected chi connectivity index (χ1v) is 23.2. The molecular formula is C40H63N11O12S. The van der Waals surface area contributed by atoms with Gasteiger partial charge in [-0.15, -0.1) is 0 Å². The highest BCUT2D eigenvalue weighted by atomic mass is 32.2. The summed E-state index contributed by atoms with van der Waals surface area (Å²) in [6.45, 7) is 5.22. The molecule has 0 spiro atoms. The Hall–Kier alpha value is -4.43. The molecular weight excluding hydrogens is 859 g/mol. The number of unbranched alkanes of at least 4 members (excludes halogenated alkanes) is 1. The van der Waals surface area contributed by atoms with Crippen LogP contribution in [0.1, 0.15) is 83.8 Å². The molecule has 4 aliphatic heterocycles. The Labute approximate surface area is 375 Å². The van der Waals surface area contributed by atoms with E-state index < -0.39 is 36.5 Å². The van der Waals surface area contributed by atoms with Gasteiger partial charge in [-0.25, -0.2) is 30.6 Å². The number of carbonyl (C=O) groups is 5. The second kappa shape index (κ2) is 24.7. The topological polar surface area (TPSA) is 323 Å². The van der Waals surface area contributed by atoms with Crippen molar-refractivity contribution >= 4 is 58.5 Å². The van der Waals surface area contributed by atoms with E-state index in [4.69, 9.17) is 34.2 Å². The summed E-state index contributed by atoms with van der Waals surface area (Å²) in [5, 5.41) is 23.4. The van der Waals surface area contributed by atoms with Crippen LogP contribution in [0.2, 0.25) is 0 Å². The van der Waals surface area contributed by atoms with E-state index in [1.165, 1.54) is 17.2 Å². The molecule has 0 bridgehead atoms. The highest BCUT2D eigenvalue weighted by Crippen LogP contribution is 2.35. The second-order valence-electron chi connectivity index (χ2n) is 16.3. The minimum atomic E-state index is -1.35. The Balaban J connectivity index is 0.729. The molecule has 2 aromatic rings. The second-order valence-corrected chi connectivity index (χ2v) is 17.6. The van der Waals surface area contributed by atoms with Crippen LogP contribution in [0.25, 0.3) is 11.2 Å². The first-order valence-electron chi connectivity index (χ1n) is 22.1. The van der Waals surface area contributed by atoms with Crippen molar-refractivity contribution in [2.45, 2.75) is 125 Å². The number of fused-ring (bicyclic) bond motifs is 2. The molecule has 0 saturated carbocycles. The van der Waals surface area contributed by atoms with Crippen molar-refractivity contribution < 1.29 is 57.5 Å². The Morgan fingerprint density at radius 3 is 2.28 bits per heavy atom. The molecule has 7 atom stereocenters. The van der Waals surface area contributed by atoms with Crippen molar-refractivity contribution in [3.8, 4) is 0 Å². The first kappa shape index (κ1) is 49.0. The van der Waals surface area contributed by atoms with Gasteiger partial charge in [0.05, 0.1) is 50.5 Å². The number of hydrazine groups is 1. The summed E-state index contributed by atoms with van der Waals surface area (Å²) in [7, 11) is 0. The number of nitrogen functional groups attached to an aromatic ring is 1. The van der Waals surface area contributed by atoms with E-state index in [2.05, 4.69) is 47.1 Å². The monoisotopic (exact) mass is 921 g/mol. The third-order valence-electron chi connectivity index (χ3n) is 11.2. The number of nitrogens with zero attached hydrogens (tertiary/aromatic N) is 4. The van der Waals surface area contributed by atoms with Crippen LogP contribution in [0.5, 0.6) is 0 Å². The first-order chi connectivity index (χ1) is 31.0. The van der Waals surface area contributed by atoms with Gasteiger partial charge in [0.2, 0.25) is 11.8 Å². The molecule has 4 saturated heterocycles. The Bertz CT molecular complexity index is 1860. The summed E-state index contributed by atoms with van der Waals surface area (Å²) in [5.74, 6) is -0.209. The van der Waals surface area contributed by atoms with Crippen LogP contribution in [0.15, 0.2) is 12.7 Å². The predicted octanol–water partition coefficient (Wildman–Crippen LogP) is -0.315. The zero-order valence-electron chi connectivity index (χ0n) is 36.3. The lowest BCUT2D eigenvalue weighted by molar-refractivity contribution is -0.160. The number of hydrogen-bond donors (Lipinski definition) is 8. The zero-order valence-corrected chi connectivity index (χ0v) is 37.1. The molecule has 0 aliphatic carbocycles. The van der Waals surface area contributed by atoms with Gasteiger partial charge in [-0.05, 0) is 45.4 Å². The number of amides is 4. The van der Waals surface area contributed by atoms with Gasteiger partial charge in [0.1, 0.15) is 30.7 Å². The van der Waals surface area contributed by atoms with Crippen LogP contribution in [0.4, 0.5) is 10.6 Å². The Morgan fingerprint density at radius 1 is 0.891 bits per heavy atom. The van der Waals surface area contributed by atoms with Crippen LogP contribution in [0, 0.1) is 0 Å². The molecule has 0 aromatic carbocycles. The number of esters is 2. The third kappa shape index (κ3) is 15.1. The predicted molar refractivity (Wildman–Crippen MR) is 230 cm³/mol. The largest absolute Gasteiger partial charge is 0.463 e. The van der Waals surface area contributed by atoms with Gasteiger partial charge in [0.25, 0.3) is 0 Å². The van der Waals surface area contributed by atoms with E-state index >= 15 is 0 Å². The number of aliphatic hydroxyl groups is 1. The smallest absolute Gasteiger partial charge is 0.315 e. The molecule has 0 radical (unpaired) electrons. The average molecular weight is 922 g/mol. The van der Waals surface area contributed by atoms with Crippen LogP contribution in [-0.4, -0.2) is 161 Å². The fourth-order valence-electron chi connectivity index (χ4n) is 7.52. The van der Waals surface area contributed by atoms with Crippen molar-refractivity contribution in [2.24, 2.45) is 0 Å². The maximum atomic E-state index is 12.8. The normalized spacial score (nSPS) is 24.2. The van der Waals surface area contributed by atoms with Crippen LogP contribution in [-0.2, 0) is 47.6 Å². The van der Waals surface area contributed by atoms with Gasteiger partial charge >= 0.3 is 18.0 Å². The summed E-state index contributed by atoms with van der Waals surface area (Å²) in [6, 6.07) is 0.357. The number of thioether (sulfide) groups is 1. The van der Waals surface area contributed by atoms with E-state index in [9.17, 15) is 29.1 Å². The fraction of sp³-hybridized carbons (Fsp3) is 0.750. The van der Waals surface area contributed by atoms with Crippen LogP contribution in [0.3, 0.4) is 0 Å². The number of anilines is 1. The average Bonchev–Trinajstić information content (AvgIpc) is 3.57. The van der Waals surface area contributed by atoms with Crippen molar-refractivity contribution in [1.82, 2.24) is 51.6 Å². The van der Waals surface area contributed by atoms with E-state index in [1.54, 1.807) is 0 Å². The van der Waals surface area contributed by atoms with E-state index in [-0.39, 0.29) is 73.7 Å². The summed E-state index contributed by atoms with van der Waals surface area (Å²) < 4.78 is 35.3. The SMILES string of the molecule is CC1(CCC(=O)O[C@@H]2[C@@H](O)[C@H](n3cnc4c(N)ncnc43)O[C@@H]2COC(=O)CCCC(=O)NCCCOCCOCCOCCCNC(=O)CCCC[C@H]2SC[C@H]3NC(=O)N[C@H]32)NN1. The number of ether oxygens (including phenoxy) is 6. The Morgan fingerprint density at radius 2 is 1.58 bits per heavy atom. The Kier molecular flexibility index (Phi) is 19.0. The van der Waals surface area contributed by atoms with Crippen molar-refractivity contribution in [3.05, 3.63) is 12.7 Å². The number of carbonyl (C=O) groups excluding carboxylic acids is 5. The summed E-state index contributed by atoms with van der Waals surface area (Å²) in [6.07, 6.45) is 3.50. The number of hydrogen-bond acceptors (Lipinski definition) is 19.